The Morgan fingerprint density at radius 2 is 1.95 bits per heavy atom. The molecule has 1 aromatic heterocycles. The second-order valence-corrected chi connectivity index (χ2v) is 10.7. The largest absolute Gasteiger partial charge is 0.508 e. The standard InChI is InChI=1S/C29H33ClFN5O2/c1-18(24-13-22(37)12-19-6-4-5-7-23(19)24)26(30)14-25-27(15-31)33-29(38-11-10-35(2)3)34-28(25)36-16-20-8-9-21(17-36)32-20/h4-7,12-15,20-21,32,37H,8-11,16-17H2,1-3H3/b25-14+,26-18-,27-15-. The summed E-state index contributed by atoms with van der Waals surface area (Å²) in [6.45, 7) is 4.48. The highest BCUT2D eigenvalue weighted by Crippen LogP contribution is 2.32. The van der Waals surface area contributed by atoms with Crippen LogP contribution in [0.25, 0.3) is 28.8 Å². The summed E-state index contributed by atoms with van der Waals surface area (Å²) in [5, 5.41) is 16.9. The number of hydrogen-bond acceptors (Lipinski definition) is 7. The van der Waals surface area contributed by atoms with E-state index in [0.29, 0.717) is 47.6 Å². The normalized spacial score (nSPS) is 20.9. The van der Waals surface area contributed by atoms with Gasteiger partial charge in [0, 0.05) is 42.0 Å². The molecule has 9 heteroatoms. The minimum absolute atomic E-state index is 0.118. The van der Waals surface area contributed by atoms with Gasteiger partial charge in [-0.3, -0.25) is 0 Å². The Kier molecular flexibility index (Phi) is 7.83. The fourth-order valence-corrected chi connectivity index (χ4v) is 5.45. The van der Waals surface area contributed by atoms with Crippen molar-refractivity contribution >= 4 is 46.2 Å². The topological polar surface area (TPSA) is 73.8 Å². The minimum atomic E-state index is 0.118. The third-order valence-electron chi connectivity index (χ3n) is 7.20. The maximum absolute atomic E-state index is 14.3. The SMILES string of the molecule is C\C(=C(Cl)/C=c1/c(N2CC3CCC(C2)N3)nc(OCCN(C)C)n/c1=C\F)c1cc(O)cc2ccccc12. The Hall–Kier alpha value is -3.20. The van der Waals surface area contributed by atoms with Gasteiger partial charge in [0.05, 0.1) is 0 Å². The molecule has 3 aromatic rings. The Morgan fingerprint density at radius 3 is 2.66 bits per heavy atom. The molecule has 2 aliphatic rings. The predicted molar refractivity (Wildman–Crippen MR) is 152 cm³/mol. The molecule has 2 N–H and O–H groups in total. The number of rotatable bonds is 7. The van der Waals surface area contributed by atoms with Gasteiger partial charge in [0.1, 0.15) is 29.9 Å². The highest BCUT2D eigenvalue weighted by atomic mass is 35.5. The van der Waals surface area contributed by atoms with Crippen LogP contribution >= 0.6 is 11.6 Å². The first kappa shape index (κ1) is 26.4. The van der Waals surface area contributed by atoms with Crippen molar-refractivity contribution in [2.75, 3.05) is 45.2 Å². The van der Waals surface area contributed by atoms with Crippen LogP contribution in [0.4, 0.5) is 10.2 Å². The molecule has 0 saturated carbocycles. The summed E-state index contributed by atoms with van der Waals surface area (Å²) in [4.78, 5) is 13.3. The number of piperazine rings is 1. The summed E-state index contributed by atoms with van der Waals surface area (Å²) in [6, 6.07) is 12.1. The first-order valence-corrected chi connectivity index (χ1v) is 13.3. The van der Waals surface area contributed by atoms with Crippen LogP contribution in [0, 0.1) is 0 Å². The lowest BCUT2D eigenvalue weighted by molar-refractivity contribution is 0.244. The fourth-order valence-electron chi connectivity index (χ4n) is 5.24. The quantitative estimate of drug-likeness (QED) is 0.479. The van der Waals surface area contributed by atoms with Crippen LogP contribution in [0.1, 0.15) is 25.3 Å². The predicted octanol–water partition coefficient (Wildman–Crippen LogP) is 3.37. The Bertz CT molecular complexity index is 1480. The van der Waals surface area contributed by atoms with E-state index in [1.165, 1.54) is 0 Å². The zero-order valence-electron chi connectivity index (χ0n) is 21.9. The second-order valence-electron chi connectivity index (χ2n) is 10.3. The van der Waals surface area contributed by atoms with E-state index < -0.39 is 0 Å². The average Bonchev–Trinajstić information content (AvgIpc) is 3.24. The zero-order chi connectivity index (χ0) is 26.8. The third-order valence-corrected chi connectivity index (χ3v) is 7.60. The number of nitrogens with zero attached hydrogens (tertiary/aromatic N) is 4. The molecule has 0 radical (unpaired) electrons. The van der Waals surface area contributed by atoms with Gasteiger partial charge in [-0.2, -0.15) is 9.97 Å². The first-order chi connectivity index (χ1) is 18.3. The average molecular weight is 538 g/mol. The van der Waals surface area contributed by atoms with Crippen molar-refractivity contribution in [2.45, 2.75) is 31.8 Å². The minimum Gasteiger partial charge on any atom is -0.508 e. The molecule has 38 heavy (non-hydrogen) atoms. The number of ether oxygens (including phenoxy) is 1. The molecule has 0 spiro atoms. The maximum atomic E-state index is 14.3. The summed E-state index contributed by atoms with van der Waals surface area (Å²) in [5.41, 5.74) is 1.56. The summed E-state index contributed by atoms with van der Waals surface area (Å²) in [7, 11) is 3.91. The van der Waals surface area contributed by atoms with Crippen LogP contribution in [0.5, 0.6) is 11.8 Å². The van der Waals surface area contributed by atoms with Crippen LogP contribution in [-0.2, 0) is 0 Å². The molecular weight excluding hydrogens is 505 g/mol. The van der Waals surface area contributed by atoms with E-state index in [4.69, 9.17) is 21.3 Å². The van der Waals surface area contributed by atoms with Crippen molar-refractivity contribution in [2.24, 2.45) is 0 Å². The highest BCUT2D eigenvalue weighted by molar-refractivity contribution is 6.37. The summed E-state index contributed by atoms with van der Waals surface area (Å²) in [5.74, 6) is 0.758. The third kappa shape index (κ3) is 5.62. The molecule has 2 bridgehead atoms. The monoisotopic (exact) mass is 537 g/mol. The Balaban J connectivity index is 1.64. The van der Waals surface area contributed by atoms with Crippen LogP contribution in [0.3, 0.4) is 0 Å². The number of benzene rings is 2. The molecule has 2 atom stereocenters. The summed E-state index contributed by atoms with van der Waals surface area (Å²) < 4.78 is 20.2. The maximum Gasteiger partial charge on any atom is 0.319 e. The van der Waals surface area contributed by atoms with Gasteiger partial charge in [-0.1, -0.05) is 35.9 Å². The van der Waals surface area contributed by atoms with Crippen LogP contribution in [0.2, 0.25) is 0 Å². The molecule has 200 valence electrons. The lowest BCUT2D eigenvalue weighted by Gasteiger charge is -2.34. The van der Waals surface area contributed by atoms with Gasteiger partial charge < -0.3 is 25.0 Å². The van der Waals surface area contributed by atoms with Gasteiger partial charge in [-0.15, -0.1) is 0 Å². The van der Waals surface area contributed by atoms with E-state index in [9.17, 15) is 9.50 Å². The van der Waals surface area contributed by atoms with Crippen molar-refractivity contribution in [3.63, 3.8) is 0 Å². The van der Waals surface area contributed by atoms with Crippen molar-refractivity contribution in [1.82, 2.24) is 20.2 Å². The smallest absolute Gasteiger partial charge is 0.319 e. The van der Waals surface area contributed by atoms with Crippen LogP contribution in [0.15, 0.2) is 41.4 Å². The number of aromatic nitrogens is 2. The number of fused-ring (bicyclic) bond motifs is 3. The van der Waals surface area contributed by atoms with Crippen LogP contribution < -0.4 is 25.5 Å². The highest BCUT2D eigenvalue weighted by Gasteiger charge is 2.33. The molecule has 0 amide bonds. The van der Waals surface area contributed by atoms with Gasteiger partial charge in [0.15, 0.2) is 0 Å². The van der Waals surface area contributed by atoms with Crippen molar-refractivity contribution < 1.29 is 14.2 Å². The number of halogens is 2. The van der Waals surface area contributed by atoms with Gasteiger partial charge in [-0.25, -0.2) is 4.39 Å². The van der Waals surface area contributed by atoms with Crippen molar-refractivity contribution in [3.05, 3.63) is 57.6 Å². The number of likely N-dealkylation sites (N-methyl/N-ethyl adjacent to an activating group) is 1. The Labute approximate surface area is 226 Å². The molecule has 2 aliphatic heterocycles. The number of hydrogen-bond donors (Lipinski definition) is 2. The first-order valence-electron chi connectivity index (χ1n) is 12.9. The lowest BCUT2D eigenvalue weighted by Crippen LogP contribution is -2.53. The number of phenolic OH excluding ortho intramolecular Hbond substituents is 1. The van der Waals surface area contributed by atoms with E-state index in [0.717, 1.165) is 47.8 Å². The van der Waals surface area contributed by atoms with E-state index >= 15 is 0 Å². The number of allylic oxidation sites excluding steroid dienone is 2. The molecule has 5 rings (SSSR count). The Morgan fingerprint density at radius 1 is 1.21 bits per heavy atom. The van der Waals surface area contributed by atoms with Gasteiger partial charge in [0.2, 0.25) is 0 Å². The molecule has 3 heterocycles. The van der Waals surface area contributed by atoms with Gasteiger partial charge in [0.25, 0.3) is 0 Å². The molecule has 2 aromatic carbocycles. The second kappa shape index (κ2) is 11.3. The number of anilines is 1. The van der Waals surface area contributed by atoms with Crippen molar-refractivity contribution in [1.29, 1.82) is 0 Å². The summed E-state index contributed by atoms with van der Waals surface area (Å²) in [6.07, 6.45) is 4.41. The van der Waals surface area contributed by atoms with E-state index in [-0.39, 0.29) is 17.1 Å². The molecular formula is C29H33ClFN5O2. The lowest BCUT2D eigenvalue weighted by atomic mass is 9.98. The number of phenols is 1. The number of nitrogens with one attached hydrogen (secondary N) is 1. The van der Waals surface area contributed by atoms with Crippen LogP contribution in [-0.4, -0.2) is 72.4 Å². The van der Waals surface area contributed by atoms with E-state index in [1.807, 2.05) is 50.2 Å². The molecule has 2 saturated heterocycles. The summed E-state index contributed by atoms with van der Waals surface area (Å²) >= 11 is 6.90. The van der Waals surface area contributed by atoms with Crippen molar-refractivity contribution in [3.8, 4) is 11.8 Å². The molecule has 2 unspecified atom stereocenters. The fraction of sp³-hybridized carbons (Fsp3) is 0.379. The molecule has 7 nitrogen and oxygen atoms in total. The number of aromatic hydroxyl groups is 1. The zero-order valence-corrected chi connectivity index (χ0v) is 22.7. The van der Waals surface area contributed by atoms with E-state index in [1.54, 1.807) is 18.2 Å². The van der Waals surface area contributed by atoms with Gasteiger partial charge >= 0.3 is 6.01 Å². The molecule has 2 fully saturated rings. The molecule has 0 aliphatic carbocycles. The van der Waals surface area contributed by atoms with E-state index in [2.05, 4.69) is 15.2 Å². The van der Waals surface area contributed by atoms with Gasteiger partial charge in [-0.05, 0) is 74.0 Å².